The largest absolute Gasteiger partial charge is 0.508 e. The summed E-state index contributed by atoms with van der Waals surface area (Å²) in [5.74, 6) is -0.724. The molecule has 48 heavy (non-hydrogen) atoms. The van der Waals surface area contributed by atoms with Crippen molar-refractivity contribution in [3.8, 4) is 34.5 Å². The fourth-order valence-electron chi connectivity index (χ4n) is 4.41. The van der Waals surface area contributed by atoms with Crippen LogP contribution in [0.2, 0.25) is 0 Å². The molecule has 0 radical (unpaired) electrons. The number of rotatable bonds is 13. The molecule has 0 aliphatic heterocycles. The van der Waals surface area contributed by atoms with Crippen LogP contribution in [0, 0.1) is 0 Å². The Hall–Kier alpha value is -5.51. The average Bonchev–Trinajstić information content (AvgIpc) is 3.05. The number of carbonyl (C=O) groups is 3. The van der Waals surface area contributed by atoms with E-state index in [0.717, 1.165) is 12.8 Å². The van der Waals surface area contributed by atoms with Gasteiger partial charge in [0.25, 0.3) is 0 Å². The highest BCUT2D eigenvalue weighted by Crippen LogP contribution is 2.30. The molecule has 4 N–H and O–H groups in total. The zero-order valence-electron chi connectivity index (χ0n) is 26.0. The number of aromatic hydroxyl groups is 4. The van der Waals surface area contributed by atoms with Crippen molar-refractivity contribution in [1.29, 1.82) is 0 Å². The normalized spacial score (nSPS) is 9.90. The number of phenolic OH excluding ortho intramolecular Hbond substituents is 4. The number of benzene rings is 4. The van der Waals surface area contributed by atoms with Crippen LogP contribution in [-0.2, 0) is 17.6 Å². The van der Waals surface area contributed by atoms with E-state index in [9.17, 15) is 34.8 Å². The summed E-state index contributed by atoms with van der Waals surface area (Å²) in [5, 5.41) is 39.2. The van der Waals surface area contributed by atoms with Crippen LogP contribution in [0.1, 0.15) is 83.7 Å². The number of carbonyl (C=O) groups excluding carboxylic acids is 3. The third-order valence-electron chi connectivity index (χ3n) is 6.79. The highest BCUT2D eigenvalue weighted by atomic mass is 16.5. The van der Waals surface area contributed by atoms with Crippen LogP contribution in [-0.4, -0.2) is 58.3 Å². The third-order valence-corrected chi connectivity index (χ3v) is 6.79. The van der Waals surface area contributed by atoms with E-state index in [-0.39, 0.29) is 68.0 Å². The lowest BCUT2D eigenvalue weighted by Crippen LogP contribution is -2.12. The highest BCUT2D eigenvalue weighted by Gasteiger charge is 2.17. The van der Waals surface area contributed by atoms with Crippen LogP contribution in [0.3, 0.4) is 0 Å². The highest BCUT2D eigenvalue weighted by molar-refractivity contribution is 6.00. The second-order valence-electron chi connectivity index (χ2n) is 10.2. The zero-order chi connectivity index (χ0) is 33.6. The average molecular weight is 663 g/mol. The molecule has 0 saturated carbocycles. The van der Waals surface area contributed by atoms with Crippen molar-refractivity contribution in [3.63, 3.8) is 0 Å². The van der Waals surface area contributed by atoms with Crippen molar-refractivity contribution < 1.29 is 49.0 Å². The van der Waals surface area contributed by atoms with E-state index in [1.807, 2.05) is 32.0 Å². The molecule has 0 fully saturated rings. The Morgan fingerprint density at radius 1 is 0.583 bits per heavy atom. The number of phenols is 4. The molecule has 0 atom stereocenters. The molecule has 0 aliphatic carbocycles. The Balaban J connectivity index is 0.000000467. The van der Waals surface area contributed by atoms with Gasteiger partial charge in [0.1, 0.15) is 34.5 Å². The molecular formula is C38H46O10. The van der Waals surface area contributed by atoms with Gasteiger partial charge in [0, 0.05) is 12.1 Å². The van der Waals surface area contributed by atoms with Crippen LogP contribution < -0.4 is 9.47 Å². The second kappa shape index (κ2) is 19.9. The summed E-state index contributed by atoms with van der Waals surface area (Å²) in [6.07, 6.45) is 2.88. The monoisotopic (exact) mass is 662 g/mol. The molecule has 4 aromatic rings. The lowest BCUT2D eigenvalue weighted by atomic mass is 10.0. The summed E-state index contributed by atoms with van der Waals surface area (Å²) in [4.78, 5) is 35.8. The van der Waals surface area contributed by atoms with Crippen molar-refractivity contribution in [1.82, 2.24) is 0 Å². The van der Waals surface area contributed by atoms with E-state index in [4.69, 9.17) is 9.47 Å². The lowest BCUT2D eigenvalue weighted by molar-refractivity contribution is 0.0600. The first-order valence-corrected chi connectivity index (χ1v) is 14.7. The van der Waals surface area contributed by atoms with Crippen molar-refractivity contribution in [2.75, 3.05) is 20.3 Å². The molecule has 4 aromatic carbocycles. The van der Waals surface area contributed by atoms with Gasteiger partial charge in [0.15, 0.2) is 13.2 Å². The van der Waals surface area contributed by atoms with Gasteiger partial charge in [0.05, 0.1) is 23.8 Å². The topological polar surface area (TPSA) is 160 Å². The quantitative estimate of drug-likeness (QED) is 0.0826. The minimum atomic E-state index is -0.458. The first-order chi connectivity index (χ1) is 22.1. The molecule has 0 aromatic heterocycles. The molecule has 0 unspecified atom stereocenters. The lowest BCUT2D eigenvalue weighted by Gasteiger charge is -2.10. The predicted molar refractivity (Wildman–Crippen MR) is 185 cm³/mol. The van der Waals surface area contributed by atoms with Crippen LogP contribution in [0.25, 0.3) is 0 Å². The van der Waals surface area contributed by atoms with Gasteiger partial charge in [-0.05, 0) is 72.5 Å². The van der Waals surface area contributed by atoms with Crippen molar-refractivity contribution in [3.05, 3.63) is 107 Å². The van der Waals surface area contributed by atoms with Crippen LogP contribution in [0.5, 0.6) is 34.5 Å². The maximum absolute atomic E-state index is 12.3. The Morgan fingerprint density at radius 3 is 1.40 bits per heavy atom. The Morgan fingerprint density at radius 2 is 1.00 bits per heavy atom. The van der Waals surface area contributed by atoms with E-state index in [1.54, 1.807) is 24.3 Å². The molecular weight excluding hydrogens is 616 g/mol. The molecule has 0 bridgehead atoms. The Kier molecular flexibility index (Phi) is 16.8. The number of methoxy groups -OCH3 is 1. The standard InChI is InChI=1S/C19H20O6.C17H18O4.2CH4/c1-3-4-13-9-15(17(21)10-16(13)20)18(22)11-25-14-7-5-12(6-8-14)19(23)24-2;1-2-6-12-9-14(16(19)10-15(12)18)17(20)11-21-13-7-4-3-5-8-13;;/h5-10,20-21H,3-4,11H2,1-2H3;3-5,7-10,18-19H,2,6,11H2,1H3;2*1H4. The van der Waals surface area contributed by atoms with E-state index in [1.165, 1.54) is 43.5 Å². The number of hydrogen-bond donors (Lipinski definition) is 4. The molecule has 0 aliphatic rings. The zero-order valence-corrected chi connectivity index (χ0v) is 26.0. The summed E-state index contributed by atoms with van der Waals surface area (Å²) in [6.45, 7) is 3.50. The smallest absolute Gasteiger partial charge is 0.337 e. The van der Waals surface area contributed by atoms with E-state index in [0.29, 0.717) is 41.0 Å². The maximum atomic E-state index is 12.3. The Labute approximate surface area is 282 Å². The third kappa shape index (κ3) is 11.4. The van der Waals surface area contributed by atoms with Crippen molar-refractivity contribution in [2.45, 2.75) is 54.4 Å². The number of esters is 1. The number of ketones is 2. The summed E-state index contributed by atoms with van der Waals surface area (Å²) in [7, 11) is 1.29. The molecule has 0 spiro atoms. The fraction of sp³-hybridized carbons (Fsp3) is 0.289. The second-order valence-corrected chi connectivity index (χ2v) is 10.2. The molecule has 0 amide bonds. The van der Waals surface area contributed by atoms with Gasteiger partial charge >= 0.3 is 5.97 Å². The van der Waals surface area contributed by atoms with Crippen LogP contribution >= 0.6 is 0 Å². The number of ether oxygens (including phenoxy) is 3. The minimum Gasteiger partial charge on any atom is -0.508 e. The van der Waals surface area contributed by atoms with Gasteiger partial charge in [0.2, 0.25) is 11.6 Å². The summed E-state index contributed by atoms with van der Waals surface area (Å²) in [5.41, 5.74) is 1.91. The predicted octanol–water partition coefficient (Wildman–Crippen LogP) is 7.68. The number of hydrogen-bond acceptors (Lipinski definition) is 10. The summed E-state index contributed by atoms with van der Waals surface area (Å²) < 4.78 is 15.4. The van der Waals surface area contributed by atoms with Crippen LogP contribution in [0.4, 0.5) is 0 Å². The van der Waals surface area contributed by atoms with E-state index < -0.39 is 11.8 Å². The van der Waals surface area contributed by atoms with Gasteiger partial charge in [-0.1, -0.05) is 59.7 Å². The van der Waals surface area contributed by atoms with Crippen molar-refractivity contribution >= 4 is 17.5 Å². The maximum Gasteiger partial charge on any atom is 0.337 e. The van der Waals surface area contributed by atoms with Crippen molar-refractivity contribution in [2.24, 2.45) is 0 Å². The first-order valence-electron chi connectivity index (χ1n) is 14.7. The Bertz CT molecular complexity index is 1630. The SMILES string of the molecule is C.C.CCCc1cc(C(=O)COc2ccc(C(=O)OC)cc2)c(O)cc1O.CCCc1cc(C(=O)COc2ccccc2)c(O)cc1O. The summed E-state index contributed by atoms with van der Waals surface area (Å²) >= 11 is 0. The number of aryl methyl sites for hydroxylation is 2. The molecule has 10 nitrogen and oxygen atoms in total. The van der Waals surface area contributed by atoms with Gasteiger partial charge in [-0.3, -0.25) is 9.59 Å². The molecule has 0 heterocycles. The fourth-order valence-corrected chi connectivity index (χ4v) is 4.41. The number of Topliss-reactive ketones (excluding diaryl/α,β-unsaturated/α-hetero) is 2. The molecule has 258 valence electrons. The molecule has 10 heteroatoms. The molecule has 0 saturated heterocycles. The molecule has 4 rings (SSSR count). The van der Waals surface area contributed by atoms with Gasteiger partial charge < -0.3 is 34.6 Å². The summed E-state index contributed by atoms with van der Waals surface area (Å²) in [6, 6.07) is 20.6. The van der Waals surface area contributed by atoms with Gasteiger partial charge in [-0.2, -0.15) is 0 Å². The van der Waals surface area contributed by atoms with E-state index >= 15 is 0 Å². The van der Waals surface area contributed by atoms with Crippen LogP contribution in [0.15, 0.2) is 78.9 Å². The first kappa shape index (κ1) is 40.5. The van der Waals surface area contributed by atoms with E-state index in [2.05, 4.69) is 4.74 Å². The van der Waals surface area contributed by atoms with Gasteiger partial charge in [-0.15, -0.1) is 0 Å². The van der Waals surface area contributed by atoms with Gasteiger partial charge in [-0.25, -0.2) is 4.79 Å². The minimum absolute atomic E-state index is 0. The number of para-hydroxylation sites is 1.